The molecule has 0 aliphatic rings. The summed E-state index contributed by atoms with van der Waals surface area (Å²) in [5.74, 6) is 1.02. The predicted octanol–water partition coefficient (Wildman–Crippen LogP) is 5.13. The maximum atomic E-state index is 12.4. The van der Waals surface area contributed by atoms with E-state index in [0.717, 1.165) is 0 Å². The van der Waals surface area contributed by atoms with Gasteiger partial charge in [0.05, 0.1) is 12.8 Å². The van der Waals surface area contributed by atoms with Crippen molar-refractivity contribution in [1.29, 1.82) is 0 Å². The van der Waals surface area contributed by atoms with E-state index in [-0.39, 0.29) is 11.5 Å². The first kappa shape index (κ1) is 15.4. The fourth-order valence-corrected chi connectivity index (χ4v) is 2.31. The summed E-state index contributed by atoms with van der Waals surface area (Å²) in [6.45, 7) is 0. The molecule has 6 heteroatoms. The fraction of sp³-hybridized carbons (Fsp3) is 0.0556. The van der Waals surface area contributed by atoms with Gasteiger partial charge in [-0.15, -0.1) is 0 Å². The second-order valence-electron chi connectivity index (χ2n) is 4.93. The van der Waals surface area contributed by atoms with Crippen LogP contribution in [0.2, 0.25) is 0 Å². The average molecular weight is 319 g/mol. The van der Waals surface area contributed by atoms with E-state index in [4.69, 9.17) is 14.7 Å². The van der Waals surface area contributed by atoms with Crippen molar-refractivity contribution in [2.45, 2.75) is 0 Å². The lowest BCUT2D eigenvalue weighted by molar-refractivity contribution is 0.101. The molecule has 3 aromatic rings. The molecule has 1 heterocycles. The van der Waals surface area contributed by atoms with E-state index in [0.29, 0.717) is 28.3 Å². The van der Waals surface area contributed by atoms with Crippen LogP contribution in [0.4, 0.5) is 5.69 Å². The Balaban J connectivity index is 1.99. The van der Waals surface area contributed by atoms with Gasteiger partial charge in [0.2, 0.25) is 5.78 Å². The largest absolute Gasteiger partial charge is 0.497 e. The Morgan fingerprint density at radius 1 is 1.12 bits per heavy atom. The number of carbonyl (C=O) groups excluding carboxylic acids is 1. The van der Waals surface area contributed by atoms with Gasteiger partial charge in [0, 0.05) is 16.0 Å². The molecule has 0 spiro atoms. The summed E-state index contributed by atoms with van der Waals surface area (Å²) < 4.78 is 10.8. The van der Waals surface area contributed by atoms with Gasteiger partial charge in [-0.3, -0.25) is 4.79 Å². The van der Waals surface area contributed by atoms with Crippen molar-refractivity contribution in [2.75, 3.05) is 7.11 Å². The minimum Gasteiger partial charge on any atom is -0.497 e. The first-order chi connectivity index (χ1) is 11.7. The highest BCUT2D eigenvalue weighted by molar-refractivity contribution is 6.07. The number of carbonyl (C=O) groups is 1. The highest BCUT2D eigenvalue weighted by atomic mass is 16.5. The van der Waals surface area contributed by atoms with Crippen LogP contribution in [-0.2, 0) is 0 Å². The van der Waals surface area contributed by atoms with Gasteiger partial charge in [-0.05, 0) is 35.9 Å². The summed E-state index contributed by atoms with van der Waals surface area (Å²) in [5, 5.41) is 3.66. The van der Waals surface area contributed by atoms with Crippen molar-refractivity contribution in [3.05, 3.63) is 82.4 Å². The van der Waals surface area contributed by atoms with Gasteiger partial charge in [-0.25, -0.2) is 0 Å². The Kier molecular flexibility index (Phi) is 4.32. The van der Waals surface area contributed by atoms with Crippen molar-refractivity contribution in [1.82, 2.24) is 0 Å². The van der Waals surface area contributed by atoms with Gasteiger partial charge >= 0.3 is 0 Å². The molecule has 0 aliphatic heterocycles. The quantitative estimate of drug-likeness (QED) is 0.283. The highest BCUT2D eigenvalue weighted by Gasteiger charge is 2.16. The molecule has 0 radical (unpaired) electrons. The number of hydrogen-bond donors (Lipinski definition) is 0. The van der Waals surface area contributed by atoms with Crippen LogP contribution >= 0.6 is 0 Å². The minimum atomic E-state index is -0.208. The highest BCUT2D eigenvalue weighted by Crippen LogP contribution is 2.35. The Bertz CT molecular complexity index is 926. The van der Waals surface area contributed by atoms with Crippen LogP contribution in [0.3, 0.4) is 0 Å². The molecular weight excluding hydrogens is 306 g/mol. The van der Waals surface area contributed by atoms with Gasteiger partial charge in [-0.2, -0.15) is 0 Å². The van der Waals surface area contributed by atoms with Gasteiger partial charge in [0.25, 0.3) is 0 Å². The predicted molar refractivity (Wildman–Crippen MR) is 89.4 cm³/mol. The van der Waals surface area contributed by atoms with Gasteiger partial charge in [0.1, 0.15) is 11.5 Å². The number of furan rings is 1. The van der Waals surface area contributed by atoms with Crippen molar-refractivity contribution < 1.29 is 13.9 Å². The third-order valence-electron chi connectivity index (χ3n) is 3.49. The lowest BCUT2D eigenvalue weighted by Gasteiger charge is -2.05. The van der Waals surface area contributed by atoms with Crippen LogP contribution in [0.1, 0.15) is 16.1 Å². The topological polar surface area (TPSA) is 88.2 Å². The van der Waals surface area contributed by atoms with E-state index in [2.05, 4.69) is 10.0 Å². The summed E-state index contributed by atoms with van der Waals surface area (Å²) in [5.41, 5.74) is 10.2. The molecule has 3 rings (SSSR count). The van der Waals surface area contributed by atoms with Crippen LogP contribution in [0.25, 0.3) is 21.8 Å². The summed E-state index contributed by atoms with van der Waals surface area (Å²) in [6, 6.07) is 17.2. The summed E-state index contributed by atoms with van der Waals surface area (Å²) >= 11 is 0. The molecule has 0 bridgehead atoms. The van der Waals surface area contributed by atoms with Crippen molar-refractivity contribution in [2.24, 2.45) is 5.11 Å². The molecule has 0 fully saturated rings. The molecule has 6 nitrogen and oxygen atoms in total. The second-order valence-corrected chi connectivity index (χ2v) is 4.93. The molecule has 0 unspecified atom stereocenters. The monoisotopic (exact) mass is 319 g/mol. The number of benzene rings is 2. The molecule has 1 aromatic heterocycles. The molecule has 118 valence electrons. The van der Waals surface area contributed by atoms with E-state index >= 15 is 0 Å². The maximum absolute atomic E-state index is 12.4. The molecular formula is C18H13N3O3. The van der Waals surface area contributed by atoms with Gasteiger partial charge < -0.3 is 9.15 Å². The van der Waals surface area contributed by atoms with Crippen molar-refractivity contribution >= 4 is 11.5 Å². The zero-order valence-corrected chi connectivity index (χ0v) is 12.8. The first-order valence-corrected chi connectivity index (χ1v) is 7.16. The Labute approximate surface area is 137 Å². The molecule has 0 amide bonds. The van der Waals surface area contributed by atoms with Crippen LogP contribution in [0, 0.1) is 0 Å². The Hall–Kier alpha value is -3.50. The van der Waals surface area contributed by atoms with Crippen molar-refractivity contribution in [3.8, 4) is 17.1 Å². The number of ether oxygens (including phenoxy) is 1. The standard InChI is InChI=1S/C18H13N3O3/c1-23-13-7-8-14(15(11-13)20-21-19)16-9-10-17(24-16)18(22)12-5-3-2-4-6-12/h2-11H,1H3. The van der Waals surface area contributed by atoms with E-state index < -0.39 is 0 Å². The fourth-order valence-electron chi connectivity index (χ4n) is 2.31. The molecule has 0 saturated heterocycles. The van der Waals surface area contributed by atoms with Crippen molar-refractivity contribution in [3.63, 3.8) is 0 Å². The first-order valence-electron chi connectivity index (χ1n) is 7.16. The van der Waals surface area contributed by atoms with Crippen LogP contribution in [-0.4, -0.2) is 12.9 Å². The minimum absolute atomic E-state index is 0.208. The van der Waals surface area contributed by atoms with Crippen LogP contribution in [0.5, 0.6) is 5.75 Å². The summed E-state index contributed by atoms with van der Waals surface area (Å²) in [7, 11) is 1.53. The molecule has 0 aliphatic carbocycles. The Morgan fingerprint density at radius 2 is 1.92 bits per heavy atom. The number of methoxy groups -OCH3 is 1. The number of rotatable bonds is 5. The molecule has 0 atom stereocenters. The van der Waals surface area contributed by atoms with Gasteiger partial charge in [0.15, 0.2) is 5.76 Å². The number of hydrogen-bond acceptors (Lipinski definition) is 4. The lowest BCUT2D eigenvalue weighted by atomic mass is 10.1. The van der Waals surface area contributed by atoms with Gasteiger partial charge in [-0.1, -0.05) is 35.4 Å². The average Bonchev–Trinajstić information content (AvgIpc) is 3.12. The molecule has 2 aromatic carbocycles. The van der Waals surface area contributed by atoms with Crippen LogP contribution in [0.15, 0.2) is 70.2 Å². The molecule has 0 N–H and O–H groups in total. The molecule has 24 heavy (non-hydrogen) atoms. The van der Waals surface area contributed by atoms with E-state index in [1.54, 1.807) is 54.6 Å². The van der Waals surface area contributed by atoms with Crippen LogP contribution < -0.4 is 4.74 Å². The molecule has 0 saturated carbocycles. The van der Waals surface area contributed by atoms with E-state index in [1.165, 1.54) is 7.11 Å². The number of azide groups is 1. The van der Waals surface area contributed by atoms with E-state index in [9.17, 15) is 4.79 Å². The SMILES string of the molecule is COc1ccc(-c2ccc(C(=O)c3ccccc3)o2)c(N=[N+]=[N-])c1. The zero-order chi connectivity index (χ0) is 16.9. The third-order valence-corrected chi connectivity index (χ3v) is 3.49. The summed E-state index contributed by atoms with van der Waals surface area (Å²) in [4.78, 5) is 15.2. The maximum Gasteiger partial charge on any atom is 0.228 e. The number of ketones is 1. The zero-order valence-electron chi connectivity index (χ0n) is 12.8. The Morgan fingerprint density at radius 3 is 2.62 bits per heavy atom. The normalized spacial score (nSPS) is 10.0. The lowest BCUT2D eigenvalue weighted by Crippen LogP contribution is -1.98. The van der Waals surface area contributed by atoms with E-state index in [1.807, 2.05) is 6.07 Å². The second kappa shape index (κ2) is 6.73. The smallest absolute Gasteiger partial charge is 0.228 e. The number of nitrogens with zero attached hydrogens (tertiary/aromatic N) is 3. The third kappa shape index (κ3) is 2.99. The summed E-state index contributed by atoms with van der Waals surface area (Å²) in [6.07, 6.45) is 0.